The SMILES string of the molecule is O=C(NCc1cccnc1)[C@H]1CCCN(S(=O)(=O)CCCc2ccccc2)C1. The molecule has 0 bridgehead atoms. The molecule has 1 amide bonds. The maximum Gasteiger partial charge on any atom is 0.224 e. The number of aromatic nitrogens is 1. The molecule has 1 aliphatic heterocycles. The zero-order valence-electron chi connectivity index (χ0n) is 16.0. The summed E-state index contributed by atoms with van der Waals surface area (Å²) in [5.41, 5.74) is 2.07. The van der Waals surface area contributed by atoms with Gasteiger partial charge >= 0.3 is 0 Å². The molecule has 0 radical (unpaired) electrons. The van der Waals surface area contributed by atoms with Gasteiger partial charge in [0.2, 0.25) is 15.9 Å². The van der Waals surface area contributed by atoms with Gasteiger partial charge in [0.15, 0.2) is 0 Å². The van der Waals surface area contributed by atoms with Crippen molar-refractivity contribution in [1.82, 2.24) is 14.6 Å². The fraction of sp³-hybridized carbons (Fsp3) is 0.429. The highest BCUT2D eigenvalue weighted by Gasteiger charge is 2.31. The molecular formula is C21H27N3O3S. The molecule has 7 heteroatoms. The predicted octanol–water partition coefficient (Wildman–Crippen LogP) is 2.37. The number of benzene rings is 1. The second-order valence-corrected chi connectivity index (χ2v) is 9.27. The Bertz CT molecular complexity index is 857. The summed E-state index contributed by atoms with van der Waals surface area (Å²) in [6.07, 6.45) is 6.15. The third kappa shape index (κ3) is 5.87. The van der Waals surface area contributed by atoms with Crippen molar-refractivity contribution in [3.63, 3.8) is 0 Å². The smallest absolute Gasteiger partial charge is 0.224 e. The maximum absolute atomic E-state index is 12.7. The Labute approximate surface area is 167 Å². The van der Waals surface area contributed by atoms with Crippen LogP contribution >= 0.6 is 0 Å². The summed E-state index contributed by atoms with van der Waals surface area (Å²) in [5, 5.41) is 2.90. The van der Waals surface area contributed by atoms with Crippen LogP contribution in [0.2, 0.25) is 0 Å². The Balaban J connectivity index is 1.49. The predicted molar refractivity (Wildman–Crippen MR) is 109 cm³/mol. The number of nitrogens with zero attached hydrogens (tertiary/aromatic N) is 2. The Morgan fingerprint density at radius 3 is 2.68 bits per heavy atom. The maximum atomic E-state index is 12.7. The van der Waals surface area contributed by atoms with Gasteiger partial charge in [-0.15, -0.1) is 0 Å². The number of rotatable bonds is 8. The van der Waals surface area contributed by atoms with Crippen LogP contribution in [0.5, 0.6) is 0 Å². The van der Waals surface area contributed by atoms with Gasteiger partial charge in [0.25, 0.3) is 0 Å². The minimum atomic E-state index is -3.34. The van der Waals surface area contributed by atoms with Crippen LogP contribution in [0.25, 0.3) is 0 Å². The molecule has 0 unspecified atom stereocenters. The monoisotopic (exact) mass is 401 g/mol. The van der Waals surface area contributed by atoms with Crippen molar-refractivity contribution in [2.24, 2.45) is 5.92 Å². The Morgan fingerprint density at radius 2 is 1.93 bits per heavy atom. The average molecular weight is 402 g/mol. The Kier molecular flexibility index (Phi) is 7.17. The lowest BCUT2D eigenvalue weighted by Gasteiger charge is -2.31. The molecule has 0 spiro atoms. The van der Waals surface area contributed by atoms with Crippen LogP contribution in [0, 0.1) is 5.92 Å². The third-order valence-electron chi connectivity index (χ3n) is 5.05. The minimum Gasteiger partial charge on any atom is -0.352 e. The van der Waals surface area contributed by atoms with E-state index in [0.717, 1.165) is 24.0 Å². The first kappa shape index (κ1) is 20.5. The number of hydrogen-bond donors (Lipinski definition) is 1. The van der Waals surface area contributed by atoms with Crippen molar-refractivity contribution in [2.45, 2.75) is 32.2 Å². The van der Waals surface area contributed by atoms with Crippen molar-refractivity contribution in [3.05, 3.63) is 66.0 Å². The zero-order chi connectivity index (χ0) is 19.8. The molecular weight excluding hydrogens is 374 g/mol. The van der Waals surface area contributed by atoms with Crippen molar-refractivity contribution in [2.75, 3.05) is 18.8 Å². The molecule has 2 aromatic rings. The van der Waals surface area contributed by atoms with Gasteiger partial charge in [0.05, 0.1) is 11.7 Å². The van der Waals surface area contributed by atoms with E-state index in [-0.39, 0.29) is 24.1 Å². The van der Waals surface area contributed by atoms with Crippen LogP contribution in [0.3, 0.4) is 0 Å². The molecule has 1 fully saturated rings. The summed E-state index contributed by atoms with van der Waals surface area (Å²) in [6, 6.07) is 13.6. The minimum absolute atomic E-state index is 0.0898. The second-order valence-electron chi connectivity index (χ2n) is 7.18. The quantitative estimate of drug-likeness (QED) is 0.737. The number of nitrogens with one attached hydrogen (secondary N) is 1. The van der Waals surface area contributed by atoms with Crippen molar-refractivity contribution in [3.8, 4) is 0 Å². The highest BCUT2D eigenvalue weighted by molar-refractivity contribution is 7.89. The molecule has 3 rings (SSSR count). The molecule has 0 aliphatic carbocycles. The van der Waals surface area contributed by atoms with Crippen molar-refractivity contribution < 1.29 is 13.2 Å². The normalized spacial score (nSPS) is 17.9. The van der Waals surface area contributed by atoms with Gasteiger partial charge in [-0.25, -0.2) is 12.7 Å². The first-order valence-corrected chi connectivity index (χ1v) is 11.3. The van der Waals surface area contributed by atoms with Gasteiger partial charge in [-0.2, -0.15) is 0 Å². The highest BCUT2D eigenvalue weighted by atomic mass is 32.2. The molecule has 6 nitrogen and oxygen atoms in total. The fourth-order valence-electron chi connectivity index (χ4n) is 3.48. The Morgan fingerprint density at radius 1 is 1.14 bits per heavy atom. The molecule has 1 atom stereocenters. The van der Waals surface area contributed by atoms with Gasteiger partial charge in [0.1, 0.15) is 0 Å². The molecule has 150 valence electrons. The largest absolute Gasteiger partial charge is 0.352 e. The molecule has 1 saturated heterocycles. The standard InChI is InChI=1S/C21H27N3O3S/c25-21(23-16-19-9-4-12-22-15-19)20-11-5-13-24(17-20)28(26,27)14-6-10-18-7-2-1-3-8-18/h1-4,7-9,12,15,20H,5-6,10-11,13-14,16-17H2,(H,23,25)/t20-/m0/s1. The van der Waals surface area contributed by atoms with Crippen LogP contribution in [0.1, 0.15) is 30.4 Å². The van der Waals surface area contributed by atoms with E-state index < -0.39 is 10.0 Å². The van der Waals surface area contributed by atoms with Gasteiger partial charge in [0, 0.05) is 32.0 Å². The van der Waals surface area contributed by atoms with E-state index >= 15 is 0 Å². The molecule has 1 aromatic heterocycles. The van der Waals surface area contributed by atoms with Crippen LogP contribution in [0.15, 0.2) is 54.9 Å². The van der Waals surface area contributed by atoms with Crippen LogP contribution in [-0.2, 0) is 27.8 Å². The van der Waals surface area contributed by atoms with Crippen LogP contribution in [-0.4, -0.2) is 42.5 Å². The first-order valence-electron chi connectivity index (χ1n) is 9.73. The zero-order valence-corrected chi connectivity index (χ0v) is 16.8. The number of piperidine rings is 1. The highest BCUT2D eigenvalue weighted by Crippen LogP contribution is 2.20. The van der Waals surface area contributed by atoms with Crippen molar-refractivity contribution >= 4 is 15.9 Å². The fourth-order valence-corrected chi connectivity index (χ4v) is 5.06. The van der Waals surface area contributed by atoms with Gasteiger partial charge < -0.3 is 5.32 Å². The van der Waals surface area contributed by atoms with Gasteiger partial charge in [-0.05, 0) is 42.9 Å². The summed E-state index contributed by atoms with van der Waals surface area (Å²) in [7, 11) is -3.34. The number of sulfonamides is 1. The average Bonchev–Trinajstić information content (AvgIpc) is 2.73. The lowest BCUT2D eigenvalue weighted by molar-refractivity contribution is -0.126. The summed E-state index contributed by atoms with van der Waals surface area (Å²) in [5.74, 6) is -0.270. The molecule has 28 heavy (non-hydrogen) atoms. The Hall–Kier alpha value is -2.25. The number of aryl methyl sites for hydroxylation is 1. The van der Waals surface area contributed by atoms with E-state index in [1.165, 1.54) is 4.31 Å². The summed E-state index contributed by atoms with van der Waals surface area (Å²) in [4.78, 5) is 16.5. The number of pyridine rings is 1. The molecule has 0 saturated carbocycles. The molecule has 2 heterocycles. The van der Waals surface area contributed by atoms with Gasteiger partial charge in [-0.1, -0.05) is 36.4 Å². The van der Waals surface area contributed by atoms with Crippen molar-refractivity contribution in [1.29, 1.82) is 0 Å². The van der Waals surface area contributed by atoms with E-state index in [2.05, 4.69) is 10.3 Å². The van der Waals surface area contributed by atoms with E-state index in [9.17, 15) is 13.2 Å². The van der Waals surface area contributed by atoms with E-state index in [4.69, 9.17) is 0 Å². The first-order chi connectivity index (χ1) is 13.5. The lowest BCUT2D eigenvalue weighted by Crippen LogP contribution is -2.46. The molecule has 1 N–H and O–H groups in total. The second kappa shape index (κ2) is 9.80. The van der Waals surface area contributed by atoms with Gasteiger partial charge in [-0.3, -0.25) is 9.78 Å². The lowest BCUT2D eigenvalue weighted by atomic mass is 9.99. The summed E-state index contributed by atoms with van der Waals surface area (Å²) in [6.45, 7) is 1.18. The van der Waals surface area contributed by atoms with E-state index in [0.29, 0.717) is 25.9 Å². The van der Waals surface area contributed by atoms with E-state index in [1.807, 2.05) is 42.5 Å². The number of amides is 1. The number of hydrogen-bond acceptors (Lipinski definition) is 4. The number of carbonyl (C=O) groups is 1. The van der Waals surface area contributed by atoms with E-state index in [1.54, 1.807) is 12.4 Å². The van der Waals surface area contributed by atoms with Crippen LogP contribution < -0.4 is 5.32 Å². The molecule has 1 aromatic carbocycles. The molecule has 1 aliphatic rings. The summed E-state index contributed by atoms with van der Waals surface area (Å²) >= 11 is 0. The third-order valence-corrected chi connectivity index (χ3v) is 6.97. The topological polar surface area (TPSA) is 79.4 Å². The number of carbonyl (C=O) groups excluding carboxylic acids is 1. The summed E-state index contributed by atoms with van der Waals surface area (Å²) < 4.78 is 26.9. The van der Waals surface area contributed by atoms with Crippen LogP contribution in [0.4, 0.5) is 0 Å².